The summed E-state index contributed by atoms with van der Waals surface area (Å²) in [7, 11) is -3.33. The summed E-state index contributed by atoms with van der Waals surface area (Å²) in [5.41, 5.74) is 1.04. The number of sulfone groups is 1. The van der Waals surface area contributed by atoms with Gasteiger partial charge in [0.05, 0.1) is 17.4 Å². The molecular formula is C27H29F3N2O5S. The van der Waals surface area contributed by atoms with Gasteiger partial charge in [-0.05, 0) is 66.4 Å². The van der Waals surface area contributed by atoms with E-state index in [1.165, 1.54) is 18.2 Å². The predicted molar refractivity (Wildman–Crippen MR) is 135 cm³/mol. The first-order valence-corrected chi connectivity index (χ1v) is 14.3. The van der Waals surface area contributed by atoms with Gasteiger partial charge in [-0.2, -0.15) is 13.2 Å². The molecule has 0 unspecified atom stereocenters. The molecule has 4 rings (SSSR count). The Bertz CT molecular complexity index is 1330. The van der Waals surface area contributed by atoms with Crippen LogP contribution in [0.15, 0.2) is 55.1 Å². The van der Waals surface area contributed by atoms with Gasteiger partial charge in [0.1, 0.15) is 21.3 Å². The van der Waals surface area contributed by atoms with Crippen molar-refractivity contribution >= 4 is 21.7 Å². The van der Waals surface area contributed by atoms with Crippen LogP contribution in [0, 0.1) is 5.92 Å². The van der Waals surface area contributed by atoms with Crippen LogP contribution in [0.25, 0.3) is 0 Å². The van der Waals surface area contributed by atoms with E-state index < -0.39 is 27.6 Å². The zero-order valence-corrected chi connectivity index (χ0v) is 21.7. The fourth-order valence-corrected chi connectivity index (χ4v) is 5.66. The normalized spacial score (nSPS) is 19.7. The van der Waals surface area contributed by atoms with Crippen molar-refractivity contribution in [2.45, 2.75) is 31.5 Å². The van der Waals surface area contributed by atoms with Gasteiger partial charge in [0, 0.05) is 38.2 Å². The van der Waals surface area contributed by atoms with Gasteiger partial charge in [-0.3, -0.25) is 9.59 Å². The smallest absolute Gasteiger partial charge is 0.416 e. The quantitative estimate of drug-likeness (QED) is 0.478. The number of hydrogen-bond donors (Lipinski definition) is 0. The van der Waals surface area contributed by atoms with Crippen LogP contribution in [-0.2, 0) is 32.0 Å². The summed E-state index contributed by atoms with van der Waals surface area (Å²) in [5, 5.41) is 0. The highest BCUT2D eigenvalue weighted by atomic mass is 32.2. The van der Waals surface area contributed by atoms with Crippen LogP contribution in [-0.4, -0.2) is 61.7 Å². The molecule has 2 aromatic carbocycles. The largest absolute Gasteiger partial charge is 0.457 e. The number of rotatable bonds is 7. The lowest BCUT2D eigenvalue weighted by Gasteiger charge is -2.41. The second kappa shape index (κ2) is 10.8. The minimum atomic E-state index is -4.45. The fourth-order valence-electron chi connectivity index (χ4n) is 5.11. The van der Waals surface area contributed by atoms with Gasteiger partial charge in [-0.15, -0.1) is 0 Å². The number of halogens is 3. The highest BCUT2D eigenvalue weighted by molar-refractivity contribution is 7.90. The Kier molecular flexibility index (Phi) is 7.87. The van der Waals surface area contributed by atoms with E-state index in [-0.39, 0.29) is 35.7 Å². The lowest BCUT2D eigenvalue weighted by molar-refractivity contribution is -0.137. The maximum Gasteiger partial charge on any atom is 0.416 e. The molecule has 2 atom stereocenters. The third-order valence-electron chi connectivity index (χ3n) is 6.98. The molecule has 2 amide bonds. The maximum atomic E-state index is 13.2. The Labute approximate surface area is 219 Å². The number of carbonyl (C=O) groups excluding carboxylic acids is 2. The van der Waals surface area contributed by atoms with Gasteiger partial charge in [0.2, 0.25) is 11.8 Å². The minimum absolute atomic E-state index is 0.0959. The van der Waals surface area contributed by atoms with Crippen LogP contribution < -0.4 is 4.74 Å². The van der Waals surface area contributed by atoms with E-state index in [1.807, 2.05) is 6.07 Å². The Balaban J connectivity index is 1.64. The molecule has 11 heteroatoms. The third kappa shape index (κ3) is 6.38. The molecule has 0 radical (unpaired) electrons. The summed E-state index contributed by atoms with van der Waals surface area (Å²) in [6, 6.07) is 9.37. The van der Waals surface area contributed by atoms with Crippen molar-refractivity contribution in [3.8, 4) is 11.5 Å². The Morgan fingerprint density at radius 2 is 1.79 bits per heavy atom. The summed E-state index contributed by atoms with van der Waals surface area (Å²) >= 11 is 0. The van der Waals surface area contributed by atoms with Crippen molar-refractivity contribution < 1.29 is 35.9 Å². The second-order valence-corrected chi connectivity index (χ2v) is 11.9. The van der Waals surface area contributed by atoms with Crippen molar-refractivity contribution in [1.82, 2.24) is 9.80 Å². The van der Waals surface area contributed by atoms with Crippen molar-refractivity contribution in [2.75, 3.05) is 31.6 Å². The van der Waals surface area contributed by atoms with Crippen LogP contribution in [0.2, 0.25) is 0 Å². The fraction of sp³-hybridized carbons (Fsp3) is 0.407. The van der Waals surface area contributed by atoms with Crippen molar-refractivity contribution in [2.24, 2.45) is 5.92 Å². The first-order chi connectivity index (χ1) is 17.9. The number of hydrogen-bond acceptors (Lipinski definition) is 5. The van der Waals surface area contributed by atoms with E-state index in [9.17, 15) is 31.2 Å². The monoisotopic (exact) mass is 550 g/mol. The number of carbonyl (C=O) groups is 2. The lowest BCUT2D eigenvalue weighted by atomic mass is 9.83. The standard InChI is InChI=1S/C27H29F3N2O5S/c1-3-24(33)31-13-10-19(17-31)26-23-16-22(37-21-8-5-20(6-9-21)27(28,29)30)7-4-18(23)11-14-32(26)25(34)12-15-38(2,35)36/h3-9,16,19,26H,1,10-15,17H2,2H3/t19-,26+/m0/s1. The van der Waals surface area contributed by atoms with E-state index in [4.69, 9.17) is 4.74 Å². The van der Waals surface area contributed by atoms with E-state index in [1.54, 1.807) is 21.9 Å². The summed E-state index contributed by atoms with van der Waals surface area (Å²) in [6.45, 7) is 4.88. The molecule has 0 saturated carbocycles. The van der Waals surface area contributed by atoms with E-state index in [2.05, 4.69) is 6.58 Å². The van der Waals surface area contributed by atoms with E-state index >= 15 is 0 Å². The first kappa shape index (κ1) is 27.7. The summed E-state index contributed by atoms with van der Waals surface area (Å²) in [6.07, 6.45) is -1.06. The van der Waals surface area contributed by atoms with E-state index in [0.717, 1.165) is 29.5 Å². The molecule has 0 aliphatic carbocycles. The van der Waals surface area contributed by atoms with Crippen LogP contribution in [0.5, 0.6) is 11.5 Å². The Morgan fingerprint density at radius 1 is 1.11 bits per heavy atom. The number of ether oxygens (including phenoxy) is 1. The van der Waals surface area contributed by atoms with Gasteiger partial charge < -0.3 is 14.5 Å². The summed E-state index contributed by atoms with van der Waals surface area (Å²) < 4.78 is 68.0. The van der Waals surface area contributed by atoms with Gasteiger partial charge in [-0.25, -0.2) is 8.42 Å². The Hall–Kier alpha value is -3.34. The third-order valence-corrected chi connectivity index (χ3v) is 7.92. The molecule has 38 heavy (non-hydrogen) atoms. The summed E-state index contributed by atoms with van der Waals surface area (Å²) in [4.78, 5) is 28.8. The summed E-state index contributed by atoms with van der Waals surface area (Å²) in [5.74, 6) is -0.205. The molecule has 2 aliphatic rings. The number of benzene rings is 2. The van der Waals surface area contributed by atoms with Gasteiger partial charge in [0.25, 0.3) is 0 Å². The van der Waals surface area contributed by atoms with Crippen LogP contribution in [0.3, 0.4) is 0 Å². The minimum Gasteiger partial charge on any atom is -0.457 e. The molecule has 0 bridgehead atoms. The molecule has 0 aromatic heterocycles. The zero-order chi connectivity index (χ0) is 27.7. The van der Waals surface area contributed by atoms with Crippen LogP contribution in [0.4, 0.5) is 13.2 Å². The molecule has 0 N–H and O–H groups in total. The number of nitrogens with zero attached hydrogens (tertiary/aromatic N) is 2. The maximum absolute atomic E-state index is 13.2. The van der Waals surface area contributed by atoms with Gasteiger partial charge in [0.15, 0.2) is 0 Å². The number of fused-ring (bicyclic) bond motifs is 1. The van der Waals surface area contributed by atoms with Crippen molar-refractivity contribution in [3.63, 3.8) is 0 Å². The molecule has 204 valence electrons. The molecule has 0 spiro atoms. The zero-order valence-electron chi connectivity index (χ0n) is 20.9. The highest BCUT2D eigenvalue weighted by Gasteiger charge is 2.40. The second-order valence-electron chi connectivity index (χ2n) is 9.68. The van der Waals surface area contributed by atoms with E-state index in [0.29, 0.717) is 38.2 Å². The van der Waals surface area contributed by atoms with Crippen LogP contribution in [0.1, 0.15) is 35.6 Å². The predicted octanol–water partition coefficient (Wildman–Crippen LogP) is 4.39. The average molecular weight is 551 g/mol. The molecule has 2 heterocycles. The molecular weight excluding hydrogens is 521 g/mol. The van der Waals surface area contributed by atoms with Gasteiger partial charge in [-0.1, -0.05) is 12.6 Å². The van der Waals surface area contributed by atoms with Crippen molar-refractivity contribution in [1.29, 1.82) is 0 Å². The molecule has 1 fully saturated rings. The topological polar surface area (TPSA) is 84.0 Å². The number of alkyl halides is 3. The molecule has 7 nitrogen and oxygen atoms in total. The Morgan fingerprint density at radius 3 is 2.42 bits per heavy atom. The lowest BCUT2D eigenvalue weighted by Crippen LogP contribution is -2.44. The molecule has 2 aromatic rings. The molecule has 2 aliphatic heterocycles. The average Bonchev–Trinajstić information content (AvgIpc) is 3.35. The first-order valence-electron chi connectivity index (χ1n) is 12.2. The van der Waals surface area contributed by atoms with Crippen molar-refractivity contribution in [3.05, 3.63) is 71.8 Å². The van der Waals surface area contributed by atoms with Crippen LogP contribution >= 0.6 is 0 Å². The highest BCUT2D eigenvalue weighted by Crippen LogP contribution is 2.42. The number of amides is 2. The SMILES string of the molecule is C=CC(=O)N1CC[C@H]([C@@H]2c3cc(Oc4ccc(C(F)(F)F)cc4)ccc3CCN2C(=O)CCS(C)(=O)=O)C1. The molecule has 1 saturated heterocycles. The number of likely N-dealkylation sites (tertiary alicyclic amines) is 1. The van der Waals surface area contributed by atoms with Gasteiger partial charge >= 0.3 is 6.18 Å².